The van der Waals surface area contributed by atoms with Crippen LogP contribution in [0.2, 0.25) is 5.02 Å². The van der Waals surface area contributed by atoms with E-state index in [1.54, 1.807) is 6.92 Å². The van der Waals surface area contributed by atoms with Crippen molar-refractivity contribution in [3.63, 3.8) is 0 Å². The molecule has 0 radical (unpaired) electrons. The van der Waals surface area contributed by atoms with Crippen molar-refractivity contribution in [2.24, 2.45) is 5.73 Å². The molecule has 2 aromatic heterocycles. The molecule has 13 nitrogen and oxygen atoms in total. The number of esters is 1. The quantitative estimate of drug-likeness (QED) is 0.194. The number of aromatic nitrogens is 4. The smallest absolute Gasteiger partial charge is 0.340 e. The minimum absolute atomic E-state index is 0.00767. The molecule has 0 saturated heterocycles. The molecule has 4 N–H and O–H groups in total. The predicted octanol–water partition coefficient (Wildman–Crippen LogP) is 1.27. The number of aliphatic carboxylic acids is 1. The third-order valence-electron chi connectivity index (χ3n) is 4.15. The second kappa shape index (κ2) is 10.4. The lowest BCUT2D eigenvalue weighted by atomic mass is 10.2. The van der Waals surface area contributed by atoms with Crippen LogP contribution in [0.15, 0.2) is 34.4 Å². The molecule has 0 aliphatic carbocycles. The van der Waals surface area contributed by atoms with Gasteiger partial charge in [0.1, 0.15) is 11.1 Å². The van der Waals surface area contributed by atoms with Gasteiger partial charge in [-0.15, -0.1) is 16.9 Å². The lowest BCUT2D eigenvalue weighted by Gasteiger charge is -2.11. The van der Waals surface area contributed by atoms with E-state index in [2.05, 4.69) is 24.5 Å². The fraction of sp³-hybridized carbons (Fsp3) is 0.278. The number of fused-ring (bicyclic) bond motifs is 1. The van der Waals surface area contributed by atoms with E-state index in [-0.39, 0.29) is 40.3 Å². The first-order valence-electron chi connectivity index (χ1n) is 9.48. The monoisotopic (exact) mass is 530 g/mol. The standard InChI is InChI=1S/C18H19ClN6O7S2/c1-3-32-18-22-13(33-8-11(20)15(26)27)7-12-21-17(23-25(12)18)34(29,30)24-14-9(16(28)31-2)5-4-6-10(14)19/h4-7,11,24H,3,8,20H2,1-2H3,(H,26,27)/t11-/m0/s1. The van der Waals surface area contributed by atoms with Crippen molar-refractivity contribution in [2.75, 3.05) is 24.2 Å². The van der Waals surface area contributed by atoms with Crippen molar-refractivity contribution in [1.82, 2.24) is 19.6 Å². The number of anilines is 1. The van der Waals surface area contributed by atoms with Crippen molar-refractivity contribution in [2.45, 2.75) is 23.1 Å². The first kappa shape index (κ1) is 25.5. The van der Waals surface area contributed by atoms with Gasteiger partial charge in [-0.25, -0.2) is 4.79 Å². The number of methoxy groups -OCH3 is 1. The Bertz CT molecular complexity index is 1350. The van der Waals surface area contributed by atoms with Crippen molar-refractivity contribution >= 4 is 56.7 Å². The number of thioether (sulfide) groups is 1. The van der Waals surface area contributed by atoms with Gasteiger partial charge >= 0.3 is 17.9 Å². The number of hydrogen-bond acceptors (Lipinski definition) is 11. The summed E-state index contributed by atoms with van der Waals surface area (Å²) in [6.07, 6.45) is 0. The third-order valence-corrected chi connectivity index (χ3v) is 6.62. The Kier molecular flexibility index (Phi) is 7.81. The molecule has 182 valence electrons. The number of carbonyl (C=O) groups is 2. The average Bonchev–Trinajstić information content (AvgIpc) is 3.24. The van der Waals surface area contributed by atoms with E-state index in [1.807, 2.05) is 0 Å². The number of para-hydroxylation sites is 1. The molecule has 0 amide bonds. The highest BCUT2D eigenvalue weighted by atomic mass is 35.5. The zero-order valence-electron chi connectivity index (χ0n) is 17.8. The number of nitrogens with zero attached hydrogens (tertiary/aromatic N) is 4. The van der Waals surface area contributed by atoms with Crippen LogP contribution < -0.4 is 15.2 Å². The van der Waals surface area contributed by atoms with E-state index >= 15 is 0 Å². The topological polar surface area (TPSA) is 188 Å². The van der Waals surface area contributed by atoms with Crippen LogP contribution in [0.1, 0.15) is 17.3 Å². The highest BCUT2D eigenvalue weighted by Gasteiger charge is 2.26. The van der Waals surface area contributed by atoms with E-state index in [1.165, 1.54) is 24.3 Å². The molecule has 0 spiro atoms. The Hall–Kier alpha value is -3.14. The normalized spacial score (nSPS) is 12.4. The molecule has 3 rings (SSSR count). The summed E-state index contributed by atoms with van der Waals surface area (Å²) in [5.74, 6) is -1.97. The molecule has 0 saturated carbocycles. The maximum atomic E-state index is 13.0. The third kappa shape index (κ3) is 5.49. The second-order valence-electron chi connectivity index (χ2n) is 6.49. The fourth-order valence-corrected chi connectivity index (χ4v) is 4.65. The number of carboxylic acids is 1. The van der Waals surface area contributed by atoms with E-state index in [0.29, 0.717) is 5.03 Å². The first-order chi connectivity index (χ1) is 16.1. The Morgan fingerprint density at radius 2 is 2.09 bits per heavy atom. The summed E-state index contributed by atoms with van der Waals surface area (Å²) in [5.41, 5.74) is 5.29. The number of carboxylic acid groups (broad SMARTS) is 1. The van der Waals surface area contributed by atoms with Gasteiger partial charge in [0.2, 0.25) is 0 Å². The first-order valence-corrected chi connectivity index (χ1v) is 12.3. The number of nitrogens with two attached hydrogens (primary N) is 1. The summed E-state index contributed by atoms with van der Waals surface area (Å²) in [7, 11) is -3.27. The fourth-order valence-electron chi connectivity index (χ4n) is 2.57. The van der Waals surface area contributed by atoms with Crippen LogP contribution in [-0.4, -0.2) is 70.6 Å². The number of sulfonamides is 1. The number of benzene rings is 1. The average molecular weight is 531 g/mol. The summed E-state index contributed by atoms with van der Waals surface area (Å²) < 4.78 is 39.4. The number of halogens is 1. The highest BCUT2D eigenvalue weighted by Crippen LogP contribution is 2.29. The molecule has 34 heavy (non-hydrogen) atoms. The van der Waals surface area contributed by atoms with Crippen LogP contribution in [0, 0.1) is 0 Å². The van der Waals surface area contributed by atoms with Crippen molar-refractivity contribution in [1.29, 1.82) is 0 Å². The van der Waals surface area contributed by atoms with Crippen LogP contribution >= 0.6 is 23.4 Å². The molecule has 0 fully saturated rings. The van der Waals surface area contributed by atoms with Crippen LogP contribution in [-0.2, 0) is 19.6 Å². The highest BCUT2D eigenvalue weighted by molar-refractivity contribution is 7.99. The molecule has 16 heteroatoms. The molecule has 2 heterocycles. The van der Waals surface area contributed by atoms with Crippen LogP contribution in [0.3, 0.4) is 0 Å². The second-order valence-corrected chi connectivity index (χ2v) is 9.51. The van der Waals surface area contributed by atoms with Gasteiger partial charge in [0.15, 0.2) is 5.65 Å². The zero-order valence-corrected chi connectivity index (χ0v) is 20.1. The Balaban J connectivity index is 2.01. The summed E-state index contributed by atoms with van der Waals surface area (Å²) in [6, 6.07) is 4.42. The lowest BCUT2D eigenvalue weighted by molar-refractivity contribution is -0.137. The van der Waals surface area contributed by atoms with Crippen LogP contribution in [0.4, 0.5) is 5.69 Å². The van der Waals surface area contributed by atoms with Gasteiger partial charge in [0, 0.05) is 11.8 Å². The Labute approximate surface area is 202 Å². The molecule has 3 aromatic rings. The Morgan fingerprint density at radius 1 is 1.35 bits per heavy atom. The van der Waals surface area contributed by atoms with Gasteiger partial charge in [-0.3, -0.25) is 9.52 Å². The van der Waals surface area contributed by atoms with Gasteiger partial charge in [0.25, 0.3) is 15.2 Å². The maximum Gasteiger partial charge on any atom is 0.340 e. The summed E-state index contributed by atoms with van der Waals surface area (Å²) in [5, 5.41) is 12.5. The SMILES string of the molecule is CCOc1nc(SC[C@H](N)C(=O)O)cc2nc(S(=O)(=O)Nc3c(Cl)cccc3C(=O)OC)nn12. The maximum absolute atomic E-state index is 13.0. The van der Waals surface area contributed by atoms with E-state index < -0.39 is 33.2 Å². The predicted molar refractivity (Wildman–Crippen MR) is 122 cm³/mol. The summed E-state index contributed by atoms with van der Waals surface area (Å²) in [6.45, 7) is 1.88. The van der Waals surface area contributed by atoms with Crippen molar-refractivity contribution in [3.8, 4) is 6.01 Å². The molecule has 0 aliphatic rings. The summed E-state index contributed by atoms with van der Waals surface area (Å²) >= 11 is 7.14. The van der Waals surface area contributed by atoms with E-state index in [0.717, 1.165) is 23.4 Å². The Morgan fingerprint density at radius 3 is 2.74 bits per heavy atom. The van der Waals surface area contributed by atoms with Gasteiger partial charge in [-0.05, 0) is 19.1 Å². The number of carbonyl (C=O) groups excluding carboxylic acids is 1. The number of ether oxygens (including phenoxy) is 2. The number of nitrogens with one attached hydrogen (secondary N) is 1. The van der Waals surface area contributed by atoms with Crippen molar-refractivity contribution < 1.29 is 32.6 Å². The van der Waals surface area contributed by atoms with Gasteiger partial charge in [-0.2, -0.15) is 22.9 Å². The van der Waals surface area contributed by atoms with Gasteiger partial charge < -0.3 is 20.3 Å². The lowest BCUT2D eigenvalue weighted by Crippen LogP contribution is -2.32. The van der Waals surface area contributed by atoms with Crippen LogP contribution in [0.5, 0.6) is 6.01 Å². The molecule has 1 atom stereocenters. The van der Waals surface area contributed by atoms with Crippen LogP contribution in [0.25, 0.3) is 5.65 Å². The largest absolute Gasteiger partial charge is 0.480 e. The molecule has 0 aliphatic heterocycles. The van der Waals surface area contributed by atoms with Gasteiger partial charge in [-0.1, -0.05) is 17.7 Å². The number of hydrogen-bond donors (Lipinski definition) is 3. The van der Waals surface area contributed by atoms with Crippen molar-refractivity contribution in [3.05, 3.63) is 34.9 Å². The molecular weight excluding hydrogens is 512 g/mol. The molecular formula is C18H19ClN6O7S2. The molecule has 0 unspecified atom stereocenters. The van der Waals surface area contributed by atoms with E-state index in [9.17, 15) is 18.0 Å². The zero-order chi connectivity index (χ0) is 25.0. The molecule has 0 bridgehead atoms. The van der Waals surface area contributed by atoms with E-state index in [4.69, 9.17) is 27.2 Å². The molecule has 1 aromatic carbocycles. The summed E-state index contributed by atoms with van der Waals surface area (Å²) in [4.78, 5) is 31.2. The minimum atomic E-state index is -4.42. The minimum Gasteiger partial charge on any atom is -0.480 e. The van der Waals surface area contributed by atoms with Gasteiger partial charge in [0.05, 0.1) is 30.0 Å². The number of rotatable bonds is 10.